The summed E-state index contributed by atoms with van der Waals surface area (Å²) in [6.45, 7) is 4.62. The average Bonchev–Trinajstić information content (AvgIpc) is 3.79. The van der Waals surface area contributed by atoms with Crippen LogP contribution in [0.25, 0.3) is 93.8 Å². The molecule has 3 aromatic heterocycles. The number of benzene rings is 7. The van der Waals surface area contributed by atoms with Crippen LogP contribution < -0.4 is 0 Å². The summed E-state index contributed by atoms with van der Waals surface area (Å²) in [5, 5.41) is 9.25. The summed E-state index contributed by atoms with van der Waals surface area (Å²) in [6, 6.07) is 49.5. The third kappa shape index (κ3) is 3.42. The highest BCUT2D eigenvalue weighted by Gasteiger charge is 2.41. The maximum atomic E-state index is 7.13. The molecule has 230 valence electrons. The van der Waals surface area contributed by atoms with Crippen molar-refractivity contribution in [3.63, 3.8) is 0 Å². The van der Waals surface area contributed by atoms with E-state index in [1.54, 1.807) is 0 Å². The van der Waals surface area contributed by atoms with Gasteiger partial charge in [-0.2, -0.15) is 0 Å². The van der Waals surface area contributed by atoms with E-state index in [9.17, 15) is 0 Å². The first-order valence-corrected chi connectivity index (χ1v) is 16.9. The van der Waals surface area contributed by atoms with E-state index in [0.717, 1.165) is 60.7 Å². The smallest absolute Gasteiger partial charge is 0.235 e. The van der Waals surface area contributed by atoms with Crippen LogP contribution in [0.3, 0.4) is 0 Å². The molecule has 3 heterocycles. The molecule has 0 unspecified atom stereocenters. The minimum Gasteiger partial charge on any atom is -0.453 e. The zero-order chi connectivity index (χ0) is 32.4. The van der Waals surface area contributed by atoms with Crippen LogP contribution in [0.2, 0.25) is 0 Å². The van der Waals surface area contributed by atoms with Gasteiger partial charge in [0.15, 0.2) is 5.58 Å². The Morgan fingerprint density at radius 3 is 1.98 bits per heavy atom. The van der Waals surface area contributed by atoms with Gasteiger partial charge in [-0.1, -0.05) is 147 Å². The fourth-order valence-corrected chi connectivity index (χ4v) is 8.66. The molecule has 0 saturated carbocycles. The van der Waals surface area contributed by atoms with Crippen LogP contribution in [0, 0.1) is 0 Å². The van der Waals surface area contributed by atoms with Crippen LogP contribution in [-0.4, -0.2) is 14.5 Å². The van der Waals surface area contributed by atoms with Gasteiger partial charge in [-0.3, -0.25) is 4.57 Å². The monoisotopic (exact) mass is 627 g/mol. The number of para-hydroxylation sites is 1. The van der Waals surface area contributed by atoms with Crippen LogP contribution in [-0.2, 0) is 5.41 Å². The van der Waals surface area contributed by atoms with Crippen molar-refractivity contribution in [2.45, 2.75) is 19.3 Å². The highest BCUT2D eigenvalue weighted by atomic mass is 16.3. The Bertz CT molecular complexity index is 3020. The summed E-state index contributed by atoms with van der Waals surface area (Å²) in [5.74, 6) is 1.58. The molecule has 10 aromatic rings. The second-order valence-electron chi connectivity index (χ2n) is 13.7. The highest BCUT2D eigenvalue weighted by molar-refractivity contribution is 6.34. The molecule has 4 heteroatoms. The summed E-state index contributed by atoms with van der Waals surface area (Å²) < 4.78 is 9.42. The minimum absolute atomic E-state index is 0.207. The number of fused-ring (bicyclic) bond motifs is 15. The van der Waals surface area contributed by atoms with Crippen molar-refractivity contribution < 1.29 is 4.42 Å². The molecule has 0 fully saturated rings. The van der Waals surface area contributed by atoms with E-state index >= 15 is 0 Å². The molecule has 0 aliphatic heterocycles. The molecule has 0 N–H and O–H groups in total. The standard InChI is InChI=1S/C45H29N3O/c1-45(2)35-22-12-10-20-31(35)42-38(45)34-25-24-33-37-29-18-8-6-16-27(29)28-17-7-9-19-30(28)40(37)48(41(33)43(34)49-42)44-46-36-23-13-11-21-32(36)39(47-44)26-14-4-3-5-15-26/h3-25H,1-2H3. The molecule has 0 saturated heterocycles. The Kier molecular flexibility index (Phi) is 5.15. The first-order chi connectivity index (χ1) is 24.1. The van der Waals surface area contributed by atoms with Crippen molar-refractivity contribution in [3.8, 4) is 28.5 Å². The van der Waals surface area contributed by atoms with Crippen molar-refractivity contribution in [2.75, 3.05) is 0 Å². The van der Waals surface area contributed by atoms with Gasteiger partial charge in [-0.25, -0.2) is 9.97 Å². The zero-order valence-corrected chi connectivity index (χ0v) is 27.0. The van der Waals surface area contributed by atoms with Crippen molar-refractivity contribution in [1.29, 1.82) is 0 Å². The zero-order valence-electron chi connectivity index (χ0n) is 27.0. The van der Waals surface area contributed by atoms with Crippen LogP contribution in [0.5, 0.6) is 0 Å². The van der Waals surface area contributed by atoms with Gasteiger partial charge >= 0.3 is 0 Å². The second kappa shape index (κ2) is 9.42. The van der Waals surface area contributed by atoms with Crippen molar-refractivity contribution >= 4 is 65.2 Å². The summed E-state index contributed by atoms with van der Waals surface area (Å²) in [5.41, 5.74) is 9.30. The topological polar surface area (TPSA) is 43.9 Å². The fraction of sp³-hybridized carbons (Fsp3) is 0.0667. The molecule has 1 aliphatic rings. The van der Waals surface area contributed by atoms with Crippen LogP contribution >= 0.6 is 0 Å². The third-order valence-electron chi connectivity index (χ3n) is 10.8. The molecule has 11 rings (SSSR count). The lowest BCUT2D eigenvalue weighted by molar-refractivity contribution is 0.620. The summed E-state index contributed by atoms with van der Waals surface area (Å²) >= 11 is 0. The largest absolute Gasteiger partial charge is 0.453 e. The van der Waals surface area contributed by atoms with Gasteiger partial charge < -0.3 is 4.42 Å². The normalized spacial score (nSPS) is 13.7. The Morgan fingerprint density at radius 1 is 0.531 bits per heavy atom. The van der Waals surface area contributed by atoms with E-state index in [1.807, 2.05) is 6.07 Å². The molecule has 49 heavy (non-hydrogen) atoms. The van der Waals surface area contributed by atoms with Gasteiger partial charge in [-0.15, -0.1) is 0 Å². The van der Waals surface area contributed by atoms with Gasteiger partial charge in [0, 0.05) is 49.0 Å². The summed E-state index contributed by atoms with van der Waals surface area (Å²) in [7, 11) is 0. The summed E-state index contributed by atoms with van der Waals surface area (Å²) in [4.78, 5) is 10.8. The van der Waals surface area contributed by atoms with Crippen molar-refractivity contribution in [1.82, 2.24) is 14.5 Å². The van der Waals surface area contributed by atoms with E-state index in [2.05, 4.69) is 152 Å². The van der Waals surface area contributed by atoms with E-state index in [4.69, 9.17) is 14.4 Å². The average molecular weight is 628 g/mol. The van der Waals surface area contributed by atoms with E-state index in [1.165, 1.54) is 38.2 Å². The first kappa shape index (κ1) is 26.8. The van der Waals surface area contributed by atoms with Crippen LogP contribution in [0.1, 0.15) is 25.0 Å². The van der Waals surface area contributed by atoms with E-state index in [0.29, 0.717) is 5.95 Å². The Morgan fingerprint density at radius 2 is 1.16 bits per heavy atom. The Labute approximate surface area is 281 Å². The van der Waals surface area contributed by atoms with Gasteiger partial charge in [0.25, 0.3) is 0 Å². The first-order valence-electron chi connectivity index (χ1n) is 16.9. The van der Waals surface area contributed by atoms with Crippen molar-refractivity contribution in [3.05, 3.63) is 151 Å². The SMILES string of the molecule is CC1(C)c2ccccc2-c2oc3c(ccc4c5c6ccccc6c6ccccc6c5n(-c5nc(-c6ccccc6)c6ccccc6n5)c43)c21. The number of nitrogens with zero attached hydrogens (tertiary/aromatic N) is 3. The molecule has 0 bridgehead atoms. The van der Waals surface area contributed by atoms with E-state index < -0.39 is 0 Å². The number of hydrogen-bond acceptors (Lipinski definition) is 3. The Balaban J connectivity index is 1.39. The maximum absolute atomic E-state index is 7.13. The quantitative estimate of drug-likeness (QED) is 0.179. The number of aromatic nitrogens is 3. The van der Waals surface area contributed by atoms with E-state index in [-0.39, 0.29) is 5.41 Å². The lowest BCUT2D eigenvalue weighted by Crippen LogP contribution is -2.14. The predicted molar refractivity (Wildman–Crippen MR) is 202 cm³/mol. The Hall–Kier alpha value is -6.26. The molecule has 7 aromatic carbocycles. The van der Waals surface area contributed by atoms with Gasteiger partial charge in [0.1, 0.15) is 11.3 Å². The molecular formula is C45H29N3O. The second-order valence-corrected chi connectivity index (χ2v) is 13.7. The van der Waals surface area contributed by atoms with Crippen LogP contribution in [0.4, 0.5) is 0 Å². The molecule has 0 amide bonds. The minimum atomic E-state index is -0.207. The molecule has 0 spiro atoms. The molecule has 0 atom stereocenters. The van der Waals surface area contributed by atoms with Crippen molar-refractivity contribution in [2.24, 2.45) is 0 Å². The fourth-order valence-electron chi connectivity index (χ4n) is 8.66. The van der Waals surface area contributed by atoms with Gasteiger partial charge in [0.2, 0.25) is 5.95 Å². The third-order valence-corrected chi connectivity index (χ3v) is 10.8. The maximum Gasteiger partial charge on any atom is 0.235 e. The number of hydrogen-bond donors (Lipinski definition) is 0. The lowest BCUT2D eigenvalue weighted by Gasteiger charge is -2.20. The molecular weight excluding hydrogens is 599 g/mol. The highest BCUT2D eigenvalue weighted by Crippen LogP contribution is 2.55. The van der Waals surface area contributed by atoms with Gasteiger partial charge in [0.05, 0.1) is 16.7 Å². The predicted octanol–water partition coefficient (Wildman–Crippen LogP) is 11.8. The molecule has 0 radical (unpaired) electrons. The van der Waals surface area contributed by atoms with Gasteiger partial charge in [-0.05, 0) is 27.8 Å². The molecule has 1 aliphatic carbocycles. The summed E-state index contributed by atoms with van der Waals surface area (Å²) in [6.07, 6.45) is 0. The van der Waals surface area contributed by atoms with Crippen LogP contribution in [0.15, 0.2) is 144 Å². The molecule has 4 nitrogen and oxygen atoms in total. The number of furan rings is 1. The lowest BCUT2D eigenvalue weighted by atomic mass is 9.81. The number of rotatable bonds is 2.